The highest BCUT2D eigenvalue weighted by Gasteiger charge is 2.28. The van der Waals surface area contributed by atoms with Crippen LogP contribution in [0.25, 0.3) is 11.0 Å². The normalized spacial score (nSPS) is 13.5. The van der Waals surface area contributed by atoms with E-state index in [0.717, 1.165) is 23.1 Å². The van der Waals surface area contributed by atoms with Crippen LogP contribution in [0.4, 0.5) is 0 Å². The number of carbonyl (C=O) groups excluding carboxylic acids is 1. The van der Waals surface area contributed by atoms with Crippen LogP contribution < -0.4 is 0 Å². The zero-order valence-corrected chi connectivity index (χ0v) is 20.1. The van der Waals surface area contributed by atoms with Gasteiger partial charge >= 0.3 is 0 Å². The number of hydrogen-bond donors (Lipinski definition) is 0. The molecule has 0 saturated carbocycles. The fraction of sp³-hybridized carbons (Fsp3) is 0.696. The zero-order chi connectivity index (χ0) is 22.5. The van der Waals surface area contributed by atoms with E-state index in [-0.39, 0.29) is 28.4 Å². The highest BCUT2D eigenvalue weighted by molar-refractivity contribution is 6.28. The third-order valence-corrected chi connectivity index (χ3v) is 5.18. The van der Waals surface area contributed by atoms with Crippen molar-refractivity contribution in [2.45, 2.75) is 80.1 Å². The Bertz CT molecular complexity index is 836. The Morgan fingerprint density at radius 2 is 1.83 bits per heavy atom. The van der Waals surface area contributed by atoms with E-state index in [1.165, 1.54) is 0 Å². The van der Waals surface area contributed by atoms with Gasteiger partial charge in [0.25, 0.3) is 0 Å². The maximum atomic E-state index is 12.6. The van der Waals surface area contributed by atoms with Gasteiger partial charge in [-0.05, 0) is 49.3 Å². The number of ketones is 1. The molecular formula is C23H36ClN3O3. The average Bonchev–Trinajstić information content (AvgIpc) is 2.98. The molecule has 6 nitrogen and oxygen atoms in total. The van der Waals surface area contributed by atoms with E-state index < -0.39 is 6.29 Å². The van der Waals surface area contributed by atoms with Gasteiger partial charge in [-0.25, -0.2) is 4.98 Å². The summed E-state index contributed by atoms with van der Waals surface area (Å²) < 4.78 is 13.9. The van der Waals surface area contributed by atoms with Crippen LogP contribution in [0.2, 0.25) is 5.28 Å². The van der Waals surface area contributed by atoms with E-state index in [9.17, 15) is 4.79 Å². The van der Waals surface area contributed by atoms with Gasteiger partial charge in [-0.2, -0.15) is 4.98 Å². The summed E-state index contributed by atoms with van der Waals surface area (Å²) in [5.74, 6) is 0.560. The van der Waals surface area contributed by atoms with Gasteiger partial charge < -0.3 is 14.0 Å². The van der Waals surface area contributed by atoms with Crippen molar-refractivity contribution in [3.05, 3.63) is 23.2 Å². The van der Waals surface area contributed by atoms with Gasteiger partial charge in [0.05, 0.1) is 5.69 Å². The smallest absolute Gasteiger partial charge is 0.224 e. The molecule has 2 aromatic rings. The first-order chi connectivity index (χ1) is 14.1. The van der Waals surface area contributed by atoms with Crippen molar-refractivity contribution in [3.8, 4) is 0 Å². The maximum Gasteiger partial charge on any atom is 0.224 e. The van der Waals surface area contributed by atoms with Crippen LogP contribution in [-0.4, -0.2) is 33.5 Å². The lowest BCUT2D eigenvalue weighted by Crippen LogP contribution is -2.23. The lowest BCUT2D eigenvalue weighted by molar-refractivity contribution is -0.144. The maximum absolute atomic E-state index is 12.6. The SMILES string of the molecule is CCOC(OCC)c1cc2cnc(Cl)nc2n1C(CCC(=O)CC(C)(C)C)C(C)C. The van der Waals surface area contributed by atoms with Gasteiger partial charge in [0.2, 0.25) is 5.28 Å². The molecule has 0 aromatic carbocycles. The molecule has 0 bridgehead atoms. The van der Waals surface area contributed by atoms with Crippen molar-refractivity contribution in [3.63, 3.8) is 0 Å². The van der Waals surface area contributed by atoms with Gasteiger partial charge in [-0.3, -0.25) is 4.79 Å². The van der Waals surface area contributed by atoms with Gasteiger partial charge in [0.1, 0.15) is 11.4 Å². The van der Waals surface area contributed by atoms with E-state index in [1.54, 1.807) is 6.20 Å². The first kappa shape index (κ1) is 24.8. The molecule has 0 aliphatic carbocycles. The molecule has 2 rings (SSSR count). The Balaban J connectivity index is 2.48. The van der Waals surface area contributed by atoms with E-state index in [0.29, 0.717) is 26.1 Å². The molecule has 0 aliphatic heterocycles. The summed E-state index contributed by atoms with van der Waals surface area (Å²) in [5.41, 5.74) is 1.62. The van der Waals surface area contributed by atoms with Crippen molar-refractivity contribution < 1.29 is 14.3 Å². The number of rotatable bonds is 11. The van der Waals surface area contributed by atoms with Crippen molar-refractivity contribution in [1.29, 1.82) is 0 Å². The number of hydrogen-bond acceptors (Lipinski definition) is 5. The Labute approximate surface area is 185 Å². The summed E-state index contributed by atoms with van der Waals surface area (Å²) in [6, 6.07) is 2.06. The van der Waals surface area contributed by atoms with Crippen LogP contribution >= 0.6 is 11.6 Å². The highest BCUT2D eigenvalue weighted by Crippen LogP contribution is 2.35. The molecule has 0 radical (unpaired) electrons. The third kappa shape index (κ3) is 6.50. The van der Waals surface area contributed by atoms with Crippen LogP contribution in [-0.2, 0) is 14.3 Å². The third-order valence-electron chi connectivity index (χ3n) is 5.00. The molecule has 7 heteroatoms. The van der Waals surface area contributed by atoms with Crippen LogP contribution in [0, 0.1) is 11.3 Å². The molecule has 2 aromatic heterocycles. The Hall–Kier alpha value is -1.50. The molecular weight excluding hydrogens is 402 g/mol. The number of nitrogens with zero attached hydrogens (tertiary/aromatic N) is 3. The Morgan fingerprint density at radius 3 is 2.37 bits per heavy atom. The predicted octanol–water partition coefficient (Wildman–Crippen LogP) is 6.14. The number of ether oxygens (including phenoxy) is 2. The summed E-state index contributed by atoms with van der Waals surface area (Å²) in [7, 11) is 0. The van der Waals surface area contributed by atoms with E-state index in [4.69, 9.17) is 21.1 Å². The summed E-state index contributed by atoms with van der Waals surface area (Å²) >= 11 is 6.13. The van der Waals surface area contributed by atoms with Crippen LogP contribution in [0.1, 0.15) is 85.8 Å². The molecule has 0 fully saturated rings. The Kier molecular flexibility index (Phi) is 8.83. The molecule has 0 saturated heterocycles. The molecule has 0 N–H and O–H groups in total. The minimum atomic E-state index is -0.514. The Morgan fingerprint density at radius 1 is 1.20 bits per heavy atom. The van der Waals surface area contributed by atoms with Crippen molar-refractivity contribution >= 4 is 28.4 Å². The van der Waals surface area contributed by atoms with Gasteiger partial charge in [0.15, 0.2) is 6.29 Å². The van der Waals surface area contributed by atoms with Crippen molar-refractivity contribution in [1.82, 2.24) is 14.5 Å². The second-order valence-corrected chi connectivity index (χ2v) is 9.56. The first-order valence-corrected chi connectivity index (χ1v) is 11.2. The van der Waals surface area contributed by atoms with E-state index in [1.807, 2.05) is 19.9 Å². The minimum absolute atomic E-state index is 0.00844. The fourth-order valence-corrected chi connectivity index (χ4v) is 3.94. The molecule has 1 unspecified atom stereocenters. The second kappa shape index (κ2) is 10.7. The van der Waals surface area contributed by atoms with Crippen LogP contribution in [0.3, 0.4) is 0 Å². The van der Waals surface area contributed by atoms with Crippen LogP contribution in [0.15, 0.2) is 12.3 Å². The van der Waals surface area contributed by atoms with Gasteiger partial charge in [0, 0.05) is 43.7 Å². The lowest BCUT2D eigenvalue weighted by Gasteiger charge is -2.28. The summed E-state index contributed by atoms with van der Waals surface area (Å²) in [5, 5.41) is 1.08. The number of carbonyl (C=O) groups is 1. The molecule has 2 heterocycles. The van der Waals surface area contributed by atoms with Gasteiger partial charge in [-0.15, -0.1) is 0 Å². The summed E-state index contributed by atoms with van der Waals surface area (Å²) in [6.45, 7) is 15.5. The number of Topliss-reactive ketones (excluding diaryl/α,β-unsaturated/α-hetero) is 1. The first-order valence-electron chi connectivity index (χ1n) is 10.9. The largest absolute Gasteiger partial charge is 0.347 e. The number of halogens is 1. The highest BCUT2D eigenvalue weighted by atomic mass is 35.5. The predicted molar refractivity (Wildman–Crippen MR) is 121 cm³/mol. The monoisotopic (exact) mass is 437 g/mol. The van der Waals surface area contributed by atoms with Crippen molar-refractivity contribution in [2.24, 2.45) is 11.3 Å². The topological polar surface area (TPSA) is 66.2 Å². The molecule has 0 aliphatic rings. The fourth-order valence-electron chi connectivity index (χ4n) is 3.81. The summed E-state index contributed by atoms with van der Waals surface area (Å²) in [4.78, 5) is 21.2. The molecule has 30 heavy (non-hydrogen) atoms. The van der Waals surface area contributed by atoms with E-state index >= 15 is 0 Å². The zero-order valence-electron chi connectivity index (χ0n) is 19.4. The second-order valence-electron chi connectivity index (χ2n) is 9.23. The van der Waals surface area contributed by atoms with Crippen molar-refractivity contribution in [2.75, 3.05) is 13.2 Å². The lowest BCUT2D eigenvalue weighted by atomic mass is 9.87. The molecule has 1 atom stereocenters. The standard InChI is InChI=1S/C23H36ClN3O3/c1-8-29-21(30-9-2)19-12-16-14-25-22(24)26-20(16)27(19)18(15(3)4)11-10-17(28)13-23(5,6)7/h12,14-15,18,21H,8-11,13H2,1-7H3. The average molecular weight is 438 g/mol. The number of fused-ring (bicyclic) bond motifs is 1. The molecule has 0 amide bonds. The quantitative estimate of drug-likeness (QED) is 0.312. The van der Waals surface area contributed by atoms with Crippen LogP contribution in [0.5, 0.6) is 0 Å². The van der Waals surface area contributed by atoms with Gasteiger partial charge in [-0.1, -0.05) is 34.6 Å². The molecule has 0 spiro atoms. The summed E-state index contributed by atoms with van der Waals surface area (Å²) in [6.07, 6.45) is 3.02. The molecule has 168 valence electrons. The minimum Gasteiger partial charge on any atom is -0.347 e. The number of aromatic nitrogens is 3. The van der Waals surface area contributed by atoms with E-state index in [2.05, 4.69) is 49.2 Å².